The molecule has 1 saturated heterocycles. The van der Waals surface area contributed by atoms with Crippen LogP contribution in [0.2, 0.25) is 0 Å². The van der Waals surface area contributed by atoms with E-state index in [2.05, 4.69) is 11.8 Å². The fourth-order valence-corrected chi connectivity index (χ4v) is 3.90. The van der Waals surface area contributed by atoms with Gasteiger partial charge in [0.05, 0.1) is 6.61 Å². The molecule has 1 aromatic carbocycles. The Hall–Kier alpha value is -0.940. The molecule has 2 atom stereocenters. The predicted molar refractivity (Wildman–Crippen MR) is 79.9 cm³/mol. The third-order valence-corrected chi connectivity index (χ3v) is 4.96. The van der Waals surface area contributed by atoms with E-state index in [1.54, 1.807) is 6.07 Å². The van der Waals surface area contributed by atoms with Gasteiger partial charge in [0.1, 0.15) is 0 Å². The van der Waals surface area contributed by atoms with Crippen LogP contribution < -0.4 is 4.74 Å². The molecule has 112 valence electrons. The molecular formula is C15H22FNO2S. The maximum absolute atomic E-state index is 13.8. The zero-order chi connectivity index (χ0) is 14.5. The highest BCUT2D eigenvalue weighted by Crippen LogP contribution is 2.20. The van der Waals surface area contributed by atoms with Gasteiger partial charge in [0.25, 0.3) is 0 Å². The SMILES string of the molecule is CCOc1ccc(CN2CC[S@](=O)C[C@@H](C)C2)cc1F. The third-order valence-electron chi connectivity index (χ3n) is 3.38. The molecule has 0 N–H and O–H groups in total. The van der Waals surface area contributed by atoms with Crippen LogP contribution in [0.4, 0.5) is 4.39 Å². The average molecular weight is 299 g/mol. The van der Waals surface area contributed by atoms with E-state index in [0.29, 0.717) is 30.6 Å². The lowest BCUT2D eigenvalue weighted by Gasteiger charge is -2.22. The first-order valence-electron chi connectivity index (χ1n) is 7.07. The fourth-order valence-electron chi connectivity index (χ4n) is 2.53. The van der Waals surface area contributed by atoms with Crippen LogP contribution in [-0.4, -0.2) is 40.3 Å². The molecule has 0 radical (unpaired) electrons. The minimum atomic E-state index is -0.713. The molecule has 0 bridgehead atoms. The molecule has 3 nitrogen and oxygen atoms in total. The predicted octanol–water partition coefficient (Wildman–Crippen LogP) is 2.42. The van der Waals surface area contributed by atoms with Crippen molar-refractivity contribution in [2.45, 2.75) is 20.4 Å². The third kappa shape index (κ3) is 4.28. The minimum Gasteiger partial charge on any atom is -0.491 e. The molecule has 0 aromatic heterocycles. The van der Waals surface area contributed by atoms with Gasteiger partial charge in [0.2, 0.25) is 0 Å². The average Bonchev–Trinajstić information content (AvgIpc) is 2.54. The second kappa shape index (κ2) is 7.18. The highest BCUT2D eigenvalue weighted by molar-refractivity contribution is 7.85. The number of halogens is 1. The number of rotatable bonds is 4. The molecule has 1 fully saturated rings. The number of hydrogen-bond donors (Lipinski definition) is 0. The number of benzene rings is 1. The van der Waals surface area contributed by atoms with Gasteiger partial charge in [0.15, 0.2) is 11.6 Å². The summed E-state index contributed by atoms with van der Waals surface area (Å²) >= 11 is 0. The first kappa shape index (κ1) is 15.4. The Bertz CT molecular complexity index is 481. The van der Waals surface area contributed by atoms with Gasteiger partial charge >= 0.3 is 0 Å². The van der Waals surface area contributed by atoms with Gasteiger partial charge in [-0.05, 0) is 30.5 Å². The highest BCUT2D eigenvalue weighted by Gasteiger charge is 2.19. The molecule has 2 rings (SSSR count). The van der Waals surface area contributed by atoms with Crippen molar-refractivity contribution in [2.75, 3.05) is 31.2 Å². The number of nitrogens with zero attached hydrogens (tertiary/aromatic N) is 1. The summed E-state index contributed by atoms with van der Waals surface area (Å²) < 4.78 is 30.7. The van der Waals surface area contributed by atoms with E-state index in [9.17, 15) is 8.60 Å². The molecule has 20 heavy (non-hydrogen) atoms. The summed E-state index contributed by atoms with van der Waals surface area (Å²) in [7, 11) is -0.713. The van der Waals surface area contributed by atoms with Crippen molar-refractivity contribution in [3.05, 3.63) is 29.6 Å². The molecule has 0 aliphatic carbocycles. The molecule has 1 aromatic rings. The monoisotopic (exact) mass is 299 g/mol. The molecule has 0 saturated carbocycles. The van der Waals surface area contributed by atoms with Crippen molar-refractivity contribution in [1.82, 2.24) is 4.90 Å². The van der Waals surface area contributed by atoms with Crippen LogP contribution >= 0.6 is 0 Å². The maximum atomic E-state index is 13.8. The Balaban J connectivity index is 2.02. The van der Waals surface area contributed by atoms with Crippen LogP contribution in [0, 0.1) is 11.7 Å². The van der Waals surface area contributed by atoms with E-state index in [0.717, 1.165) is 24.4 Å². The first-order valence-corrected chi connectivity index (χ1v) is 8.56. The van der Waals surface area contributed by atoms with E-state index in [4.69, 9.17) is 4.74 Å². The Labute approximate surface area is 122 Å². The Morgan fingerprint density at radius 3 is 3.00 bits per heavy atom. The van der Waals surface area contributed by atoms with Crippen molar-refractivity contribution in [3.8, 4) is 5.75 Å². The summed E-state index contributed by atoms with van der Waals surface area (Å²) in [5.41, 5.74) is 0.936. The maximum Gasteiger partial charge on any atom is 0.165 e. The van der Waals surface area contributed by atoms with Crippen molar-refractivity contribution in [2.24, 2.45) is 5.92 Å². The van der Waals surface area contributed by atoms with Crippen LogP contribution in [0.15, 0.2) is 18.2 Å². The normalized spacial score (nSPS) is 24.4. The zero-order valence-corrected chi connectivity index (χ0v) is 12.9. The molecule has 1 heterocycles. The van der Waals surface area contributed by atoms with Gasteiger partial charge in [0, 0.05) is 41.9 Å². The number of hydrogen-bond acceptors (Lipinski definition) is 3. The summed E-state index contributed by atoms with van der Waals surface area (Å²) in [5.74, 6) is 1.90. The molecule has 0 amide bonds. The first-order chi connectivity index (χ1) is 9.58. The lowest BCUT2D eigenvalue weighted by molar-refractivity contribution is 0.256. The molecule has 1 aliphatic rings. The lowest BCUT2D eigenvalue weighted by Crippen LogP contribution is -2.28. The molecule has 1 aliphatic heterocycles. The van der Waals surface area contributed by atoms with E-state index in [1.807, 2.05) is 13.0 Å². The summed E-state index contributed by atoms with van der Waals surface area (Å²) in [5, 5.41) is 0. The van der Waals surface area contributed by atoms with E-state index in [1.165, 1.54) is 6.07 Å². The number of ether oxygens (including phenoxy) is 1. The Morgan fingerprint density at radius 2 is 2.30 bits per heavy atom. The van der Waals surface area contributed by atoms with E-state index in [-0.39, 0.29) is 5.82 Å². The molecule has 0 unspecified atom stereocenters. The van der Waals surface area contributed by atoms with Crippen LogP contribution in [0.25, 0.3) is 0 Å². The van der Waals surface area contributed by atoms with Crippen LogP contribution in [-0.2, 0) is 17.3 Å². The highest BCUT2D eigenvalue weighted by atomic mass is 32.2. The molecule has 0 spiro atoms. The summed E-state index contributed by atoms with van der Waals surface area (Å²) in [4.78, 5) is 2.25. The quantitative estimate of drug-likeness (QED) is 0.855. The van der Waals surface area contributed by atoms with Crippen LogP contribution in [0.1, 0.15) is 19.4 Å². The van der Waals surface area contributed by atoms with Crippen molar-refractivity contribution >= 4 is 10.8 Å². The van der Waals surface area contributed by atoms with Crippen molar-refractivity contribution < 1.29 is 13.3 Å². The van der Waals surface area contributed by atoms with Crippen LogP contribution in [0.5, 0.6) is 5.75 Å². The summed E-state index contributed by atoms with van der Waals surface area (Å²) in [6.45, 7) is 6.85. The van der Waals surface area contributed by atoms with Crippen molar-refractivity contribution in [1.29, 1.82) is 0 Å². The summed E-state index contributed by atoms with van der Waals surface area (Å²) in [6.07, 6.45) is 0. The van der Waals surface area contributed by atoms with Gasteiger partial charge < -0.3 is 4.74 Å². The second-order valence-corrected chi connectivity index (χ2v) is 6.97. The Kier molecular flexibility index (Phi) is 5.54. The summed E-state index contributed by atoms with van der Waals surface area (Å²) in [6, 6.07) is 5.13. The topological polar surface area (TPSA) is 29.5 Å². The Morgan fingerprint density at radius 1 is 1.50 bits per heavy atom. The van der Waals surface area contributed by atoms with Gasteiger partial charge in [-0.15, -0.1) is 0 Å². The smallest absolute Gasteiger partial charge is 0.165 e. The molecule has 5 heteroatoms. The van der Waals surface area contributed by atoms with Gasteiger partial charge in [-0.2, -0.15) is 0 Å². The van der Waals surface area contributed by atoms with Gasteiger partial charge in [-0.1, -0.05) is 13.0 Å². The van der Waals surface area contributed by atoms with E-state index >= 15 is 0 Å². The second-order valence-electron chi connectivity index (χ2n) is 5.35. The van der Waals surface area contributed by atoms with E-state index < -0.39 is 10.8 Å². The van der Waals surface area contributed by atoms with Crippen molar-refractivity contribution in [3.63, 3.8) is 0 Å². The fraction of sp³-hybridized carbons (Fsp3) is 0.600. The lowest BCUT2D eigenvalue weighted by atomic mass is 10.1. The van der Waals surface area contributed by atoms with Crippen LogP contribution in [0.3, 0.4) is 0 Å². The molecular weight excluding hydrogens is 277 g/mol. The standard InChI is InChI=1S/C15H22FNO2S/c1-3-19-15-5-4-13(8-14(15)16)10-17-6-7-20(18)11-12(2)9-17/h4-5,8,12H,3,6-7,9-11H2,1-2H3/t12-,20-/m0/s1. The largest absolute Gasteiger partial charge is 0.491 e. The van der Waals surface area contributed by atoms with Gasteiger partial charge in [-0.3, -0.25) is 9.11 Å². The van der Waals surface area contributed by atoms with Gasteiger partial charge in [-0.25, -0.2) is 4.39 Å². The zero-order valence-electron chi connectivity index (χ0n) is 12.1. The minimum absolute atomic E-state index is 0.307.